The molecule has 0 fully saturated rings. The van der Waals surface area contributed by atoms with E-state index in [1.807, 2.05) is 25.2 Å². The number of rotatable bonds is 4. The van der Waals surface area contributed by atoms with E-state index in [2.05, 4.69) is 46.3 Å². The SMILES string of the molecule is CCN1C=CC(CN)(N(C)c2ccccn2)C=C1. The zero-order chi connectivity index (χ0) is 13.0. The number of nitrogens with two attached hydrogens (primary N) is 1. The standard InChI is InChI=1S/C14H20N4/c1-3-18-10-7-14(12-15,8-11-18)17(2)13-6-4-5-9-16-13/h4-11H,3,12,15H2,1-2H3. The Morgan fingerprint density at radius 3 is 2.56 bits per heavy atom. The maximum atomic E-state index is 5.97. The zero-order valence-electron chi connectivity index (χ0n) is 11.0. The first-order valence-corrected chi connectivity index (χ1v) is 6.21. The molecule has 1 aromatic rings. The predicted molar refractivity (Wildman–Crippen MR) is 75.1 cm³/mol. The maximum absolute atomic E-state index is 5.97. The average molecular weight is 244 g/mol. The molecule has 0 unspecified atom stereocenters. The van der Waals surface area contributed by atoms with Crippen molar-refractivity contribution in [2.75, 3.05) is 25.0 Å². The molecule has 0 bridgehead atoms. The van der Waals surface area contributed by atoms with Gasteiger partial charge < -0.3 is 15.5 Å². The van der Waals surface area contributed by atoms with Crippen molar-refractivity contribution < 1.29 is 0 Å². The fourth-order valence-electron chi connectivity index (χ4n) is 2.03. The molecule has 0 radical (unpaired) electrons. The van der Waals surface area contributed by atoms with Gasteiger partial charge in [-0.1, -0.05) is 6.07 Å². The lowest BCUT2D eigenvalue weighted by molar-refractivity contribution is 0.489. The van der Waals surface area contributed by atoms with Crippen LogP contribution >= 0.6 is 0 Å². The second kappa shape index (κ2) is 5.23. The third-order valence-corrected chi connectivity index (χ3v) is 3.42. The zero-order valence-corrected chi connectivity index (χ0v) is 11.0. The van der Waals surface area contributed by atoms with Gasteiger partial charge >= 0.3 is 0 Å². The van der Waals surface area contributed by atoms with Crippen LogP contribution in [0.5, 0.6) is 0 Å². The molecule has 4 heteroatoms. The Kier molecular flexibility index (Phi) is 3.67. The number of aromatic nitrogens is 1. The van der Waals surface area contributed by atoms with Gasteiger partial charge in [0.15, 0.2) is 0 Å². The van der Waals surface area contributed by atoms with Crippen LogP contribution in [-0.2, 0) is 0 Å². The van der Waals surface area contributed by atoms with Gasteiger partial charge in [0.25, 0.3) is 0 Å². The van der Waals surface area contributed by atoms with E-state index >= 15 is 0 Å². The maximum Gasteiger partial charge on any atom is 0.129 e. The summed E-state index contributed by atoms with van der Waals surface area (Å²) in [5, 5.41) is 0. The van der Waals surface area contributed by atoms with E-state index in [0.717, 1.165) is 12.4 Å². The van der Waals surface area contributed by atoms with Gasteiger partial charge in [0, 0.05) is 38.7 Å². The second-order valence-electron chi connectivity index (χ2n) is 4.40. The van der Waals surface area contributed by atoms with Gasteiger partial charge in [-0.3, -0.25) is 0 Å². The Hall–Kier alpha value is -1.81. The largest absolute Gasteiger partial charge is 0.355 e. The highest BCUT2D eigenvalue weighted by atomic mass is 15.2. The summed E-state index contributed by atoms with van der Waals surface area (Å²) in [5.74, 6) is 0.919. The average Bonchev–Trinajstić information content (AvgIpc) is 2.47. The Morgan fingerprint density at radius 2 is 2.06 bits per heavy atom. The summed E-state index contributed by atoms with van der Waals surface area (Å²) in [6.45, 7) is 3.60. The van der Waals surface area contributed by atoms with E-state index in [9.17, 15) is 0 Å². The Labute approximate surface area is 108 Å². The summed E-state index contributed by atoms with van der Waals surface area (Å²) >= 11 is 0. The van der Waals surface area contributed by atoms with Crippen LogP contribution in [0.2, 0.25) is 0 Å². The summed E-state index contributed by atoms with van der Waals surface area (Å²) < 4.78 is 0. The Morgan fingerprint density at radius 1 is 1.33 bits per heavy atom. The molecule has 0 aromatic carbocycles. The number of hydrogen-bond acceptors (Lipinski definition) is 4. The summed E-state index contributed by atoms with van der Waals surface area (Å²) in [5.41, 5.74) is 5.68. The summed E-state index contributed by atoms with van der Waals surface area (Å²) in [6.07, 6.45) is 10.2. The number of pyridine rings is 1. The fraction of sp³-hybridized carbons (Fsp3) is 0.357. The van der Waals surface area contributed by atoms with Crippen molar-refractivity contribution in [1.29, 1.82) is 0 Å². The topological polar surface area (TPSA) is 45.4 Å². The molecule has 4 nitrogen and oxygen atoms in total. The number of likely N-dealkylation sites (N-methyl/N-ethyl adjacent to an activating group) is 1. The van der Waals surface area contributed by atoms with E-state index in [0.29, 0.717) is 6.54 Å². The first-order valence-electron chi connectivity index (χ1n) is 6.21. The fourth-order valence-corrected chi connectivity index (χ4v) is 2.03. The minimum atomic E-state index is -0.292. The van der Waals surface area contributed by atoms with Crippen molar-refractivity contribution in [3.8, 4) is 0 Å². The molecule has 1 aromatic heterocycles. The van der Waals surface area contributed by atoms with Gasteiger partial charge in [0.1, 0.15) is 5.82 Å². The van der Waals surface area contributed by atoms with E-state index in [1.54, 1.807) is 6.20 Å². The molecule has 96 valence electrons. The number of nitrogens with zero attached hydrogens (tertiary/aromatic N) is 3. The van der Waals surface area contributed by atoms with Crippen LogP contribution in [0.15, 0.2) is 48.9 Å². The van der Waals surface area contributed by atoms with Crippen molar-refractivity contribution in [1.82, 2.24) is 9.88 Å². The highest BCUT2D eigenvalue weighted by Gasteiger charge is 2.30. The van der Waals surface area contributed by atoms with Crippen molar-refractivity contribution in [2.24, 2.45) is 5.73 Å². The summed E-state index contributed by atoms with van der Waals surface area (Å²) in [6, 6.07) is 5.89. The van der Waals surface area contributed by atoms with Crippen LogP contribution in [-0.4, -0.2) is 35.6 Å². The van der Waals surface area contributed by atoms with Crippen molar-refractivity contribution in [2.45, 2.75) is 12.5 Å². The summed E-state index contributed by atoms with van der Waals surface area (Å²) in [7, 11) is 2.02. The molecule has 0 amide bonds. The van der Waals surface area contributed by atoms with Crippen molar-refractivity contribution in [3.05, 3.63) is 48.9 Å². The van der Waals surface area contributed by atoms with E-state index < -0.39 is 0 Å². The van der Waals surface area contributed by atoms with Crippen LogP contribution in [0, 0.1) is 0 Å². The van der Waals surface area contributed by atoms with Gasteiger partial charge in [0.2, 0.25) is 0 Å². The Balaban J connectivity index is 2.27. The smallest absolute Gasteiger partial charge is 0.129 e. The lowest BCUT2D eigenvalue weighted by Gasteiger charge is -2.39. The van der Waals surface area contributed by atoms with Gasteiger partial charge in [-0.2, -0.15) is 0 Å². The van der Waals surface area contributed by atoms with Crippen LogP contribution in [0.4, 0.5) is 5.82 Å². The molecule has 0 spiro atoms. The molecular formula is C14H20N4. The van der Waals surface area contributed by atoms with Crippen LogP contribution in [0.3, 0.4) is 0 Å². The van der Waals surface area contributed by atoms with E-state index in [1.165, 1.54) is 0 Å². The lowest BCUT2D eigenvalue weighted by atomic mass is 9.95. The first-order chi connectivity index (χ1) is 8.72. The molecule has 1 aliphatic rings. The normalized spacial score (nSPS) is 16.9. The third kappa shape index (κ3) is 2.24. The van der Waals surface area contributed by atoms with Gasteiger partial charge in [-0.25, -0.2) is 4.98 Å². The van der Waals surface area contributed by atoms with Gasteiger partial charge in [-0.15, -0.1) is 0 Å². The summed E-state index contributed by atoms with van der Waals surface area (Å²) in [4.78, 5) is 8.60. The molecule has 0 saturated carbocycles. The molecule has 0 saturated heterocycles. The molecule has 18 heavy (non-hydrogen) atoms. The molecule has 1 aliphatic heterocycles. The molecule has 2 rings (SSSR count). The quantitative estimate of drug-likeness (QED) is 0.873. The van der Waals surface area contributed by atoms with Crippen molar-refractivity contribution >= 4 is 5.82 Å². The Bertz CT molecular complexity index is 424. The third-order valence-electron chi connectivity index (χ3n) is 3.42. The highest BCUT2D eigenvalue weighted by Crippen LogP contribution is 2.25. The van der Waals surface area contributed by atoms with Crippen molar-refractivity contribution in [3.63, 3.8) is 0 Å². The molecule has 0 aliphatic carbocycles. The van der Waals surface area contributed by atoms with Gasteiger partial charge in [-0.05, 0) is 31.2 Å². The molecule has 0 atom stereocenters. The predicted octanol–water partition coefficient (Wildman–Crippen LogP) is 1.58. The number of anilines is 1. The van der Waals surface area contributed by atoms with Crippen LogP contribution in [0.1, 0.15) is 6.92 Å². The minimum Gasteiger partial charge on any atom is -0.355 e. The minimum absolute atomic E-state index is 0.292. The monoisotopic (exact) mass is 244 g/mol. The van der Waals surface area contributed by atoms with Crippen LogP contribution < -0.4 is 10.6 Å². The molecule has 2 N–H and O–H groups in total. The van der Waals surface area contributed by atoms with Gasteiger partial charge in [0.05, 0.1) is 5.54 Å². The molecular weight excluding hydrogens is 224 g/mol. The lowest BCUT2D eigenvalue weighted by Crippen LogP contribution is -2.51. The number of hydrogen-bond donors (Lipinski definition) is 1. The second-order valence-corrected chi connectivity index (χ2v) is 4.40. The first kappa shape index (κ1) is 12.6. The van der Waals surface area contributed by atoms with Crippen LogP contribution in [0.25, 0.3) is 0 Å². The van der Waals surface area contributed by atoms with E-state index in [-0.39, 0.29) is 5.54 Å². The van der Waals surface area contributed by atoms with E-state index in [4.69, 9.17) is 5.73 Å². The molecule has 2 heterocycles. The highest BCUT2D eigenvalue weighted by molar-refractivity contribution is 5.47.